The monoisotopic (exact) mass is 423 g/mol. The van der Waals surface area contributed by atoms with Gasteiger partial charge in [-0.3, -0.25) is 0 Å². The average Bonchev–Trinajstić information content (AvgIpc) is 2.60. The molecule has 150 valence electrons. The van der Waals surface area contributed by atoms with Crippen molar-refractivity contribution in [3.63, 3.8) is 0 Å². The van der Waals surface area contributed by atoms with Gasteiger partial charge in [0.15, 0.2) is 0 Å². The molecular weight excluding hydrogens is 412 g/mol. The van der Waals surface area contributed by atoms with E-state index < -0.39 is 45.5 Å². The molecule has 0 unspecified atom stereocenters. The van der Waals surface area contributed by atoms with Crippen LogP contribution in [0.3, 0.4) is 0 Å². The summed E-state index contributed by atoms with van der Waals surface area (Å²) in [5.41, 5.74) is 1.49. The number of hydrazine groups is 1. The maximum absolute atomic E-state index is 13.3. The Bertz CT molecular complexity index is 908. The van der Waals surface area contributed by atoms with Gasteiger partial charge in [0.2, 0.25) is 5.95 Å². The zero-order valence-corrected chi connectivity index (χ0v) is 14.6. The van der Waals surface area contributed by atoms with E-state index in [9.17, 15) is 26.3 Å². The summed E-state index contributed by atoms with van der Waals surface area (Å²) in [4.78, 5) is 7.46. The van der Waals surface area contributed by atoms with Gasteiger partial charge >= 0.3 is 12.4 Å². The molecule has 0 aliphatic heterocycles. The maximum Gasteiger partial charge on any atom is 0.416 e. The van der Waals surface area contributed by atoms with Gasteiger partial charge in [-0.2, -0.15) is 26.3 Å². The summed E-state index contributed by atoms with van der Waals surface area (Å²) >= 11 is 5.68. The molecule has 2 aromatic rings. The van der Waals surface area contributed by atoms with Crippen LogP contribution in [0.2, 0.25) is 5.02 Å². The molecule has 2 rings (SSSR count). The van der Waals surface area contributed by atoms with E-state index in [-0.39, 0.29) is 5.95 Å². The van der Waals surface area contributed by atoms with E-state index in [0.29, 0.717) is 17.1 Å². The number of halogens is 7. The van der Waals surface area contributed by atoms with E-state index in [1.165, 1.54) is 18.5 Å². The molecule has 0 saturated heterocycles. The molecule has 1 aromatic carbocycles. The first kappa shape index (κ1) is 21.5. The summed E-state index contributed by atoms with van der Waals surface area (Å²) in [6, 6.07) is 3.33. The minimum atomic E-state index is -5.01. The van der Waals surface area contributed by atoms with Gasteiger partial charge < -0.3 is 5.73 Å². The summed E-state index contributed by atoms with van der Waals surface area (Å²) in [6.07, 6.45) is -7.38. The molecule has 1 aromatic heterocycles. The normalized spacial score (nSPS) is 13.1. The molecule has 1 heterocycles. The molecule has 0 atom stereocenters. The second kappa shape index (κ2) is 7.68. The van der Waals surface area contributed by atoms with Crippen molar-refractivity contribution >= 4 is 23.1 Å². The van der Waals surface area contributed by atoms with Crippen molar-refractivity contribution in [3.8, 4) is 0 Å². The predicted molar refractivity (Wildman–Crippen MR) is 91.5 cm³/mol. The molecule has 0 bridgehead atoms. The molecule has 0 aliphatic rings. The highest BCUT2D eigenvalue weighted by molar-refractivity contribution is 6.30. The third-order valence-electron chi connectivity index (χ3n) is 3.44. The number of alkyl halides is 6. The van der Waals surface area contributed by atoms with Gasteiger partial charge in [0.05, 0.1) is 11.1 Å². The van der Waals surface area contributed by atoms with Crippen LogP contribution in [0.1, 0.15) is 11.1 Å². The number of nitrogens with zero attached hydrogens (tertiary/aromatic N) is 3. The number of allylic oxidation sites excluding steroid dienone is 2. The summed E-state index contributed by atoms with van der Waals surface area (Å²) in [7, 11) is 0. The van der Waals surface area contributed by atoms with Crippen molar-refractivity contribution in [1.82, 2.24) is 9.97 Å². The third kappa shape index (κ3) is 4.73. The largest absolute Gasteiger partial charge is 0.416 e. The molecule has 0 saturated carbocycles. The molecule has 0 aliphatic carbocycles. The Morgan fingerprint density at radius 1 is 1.04 bits per heavy atom. The van der Waals surface area contributed by atoms with E-state index in [1.807, 2.05) is 0 Å². The van der Waals surface area contributed by atoms with Crippen LogP contribution in [-0.4, -0.2) is 16.1 Å². The van der Waals surface area contributed by atoms with Gasteiger partial charge in [-0.1, -0.05) is 18.2 Å². The molecule has 0 spiro atoms. The summed E-state index contributed by atoms with van der Waals surface area (Å²) in [5.74, 6) is 4.62. The van der Waals surface area contributed by atoms with E-state index >= 15 is 0 Å². The van der Waals surface area contributed by atoms with Crippen LogP contribution >= 0.6 is 11.6 Å². The number of anilines is 1. The Morgan fingerprint density at radius 3 is 2.11 bits per heavy atom. The van der Waals surface area contributed by atoms with Crippen LogP contribution in [0.4, 0.5) is 32.3 Å². The van der Waals surface area contributed by atoms with Gasteiger partial charge in [-0.15, -0.1) is 0 Å². The fraction of sp³-hybridized carbons (Fsp3) is 0.125. The van der Waals surface area contributed by atoms with Crippen LogP contribution in [0.15, 0.2) is 54.6 Å². The number of hydrogen-bond donors (Lipinski definition) is 2. The lowest BCUT2D eigenvalue weighted by molar-refractivity contribution is -0.137. The second-order valence-electron chi connectivity index (χ2n) is 5.38. The van der Waals surface area contributed by atoms with Crippen molar-refractivity contribution < 1.29 is 26.3 Å². The van der Waals surface area contributed by atoms with Crippen LogP contribution in [-0.2, 0) is 6.18 Å². The van der Waals surface area contributed by atoms with Gasteiger partial charge in [0.25, 0.3) is 0 Å². The van der Waals surface area contributed by atoms with Crippen molar-refractivity contribution in [1.29, 1.82) is 0 Å². The molecule has 12 heteroatoms. The van der Waals surface area contributed by atoms with Gasteiger partial charge in [-0.25, -0.2) is 20.8 Å². The van der Waals surface area contributed by atoms with E-state index in [2.05, 4.69) is 16.5 Å². The molecule has 4 N–H and O–H groups in total. The Labute approximate surface area is 159 Å². The zero-order valence-electron chi connectivity index (χ0n) is 13.8. The van der Waals surface area contributed by atoms with Gasteiger partial charge in [0, 0.05) is 23.0 Å². The lowest BCUT2D eigenvalue weighted by Crippen LogP contribution is -2.37. The Morgan fingerprint density at radius 2 is 1.61 bits per heavy atom. The van der Waals surface area contributed by atoms with Crippen molar-refractivity contribution in [2.45, 2.75) is 12.4 Å². The summed E-state index contributed by atoms with van der Waals surface area (Å²) in [5, 5.41) is 0.0464. The SMILES string of the molecule is C=C(/C(=C(/N)N(N)c1ncccn1)c1cc(Cl)cc(C(F)(F)F)c1)C(F)(F)F. The lowest BCUT2D eigenvalue weighted by Gasteiger charge is -2.23. The number of nitrogens with two attached hydrogens (primary N) is 2. The van der Waals surface area contributed by atoms with Crippen molar-refractivity contribution in [3.05, 3.63) is 70.8 Å². The number of hydrogen-bond acceptors (Lipinski definition) is 5. The Hall–Kier alpha value is -2.79. The fourth-order valence-electron chi connectivity index (χ4n) is 2.16. The molecule has 0 radical (unpaired) electrons. The van der Waals surface area contributed by atoms with Crippen LogP contribution in [0, 0.1) is 0 Å². The van der Waals surface area contributed by atoms with E-state index in [1.54, 1.807) is 0 Å². The standard InChI is InChI=1S/C16H12ClF6N5/c1-8(15(18,19)20)12(13(24)28(25)14-26-3-2-4-27-14)9-5-10(16(21,22)23)7-11(17)6-9/h2-7H,1,24-25H2/b13-12+. The van der Waals surface area contributed by atoms with Crippen LogP contribution in [0.25, 0.3) is 5.57 Å². The average molecular weight is 424 g/mol. The minimum Gasteiger partial charge on any atom is -0.383 e. The highest BCUT2D eigenvalue weighted by atomic mass is 35.5. The first-order valence-corrected chi connectivity index (χ1v) is 7.66. The Kier molecular flexibility index (Phi) is 5.90. The third-order valence-corrected chi connectivity index (χ3v) is 3.66. The smallest absolute Gasteiger partial charge is 0.383 e. The maximum atomic E-state index is 13.3. The van der Waals surface area contributed by atoms with Crippen molar-refractivity contribution in [2.75, 3.05) is 5.01 Å². The highest BCUT2D eigenvalue weighted by Gasteiger charge is 2.38. The van der Waals surface area contributed by atoms with Gasteiger partial charge in [-0.05, 0) is 29.8 Å². The van der Waals surface area contributed by atoms with E-state index in [4.69, 9.17) is 23.2 Å². The second-order valence-corrected chi connectivity index (χ2v) is 5.82. The first-order chi connectivity index (χ1) is 12.8. The molecular formula is C16H12ClF6N5. The number of benzene rings is 1. The highest BCUT2D eigenvalue weighted by Crippen LogP contribution is 2.40. The number of aromatic nitrogens is 2. The van der Waals surface area contributed by atoms with Crippen molar-refractivity contribution in [2.24, 2.45) is 11.6 Å². The predicted octanol–water partition coefficient (Wildman–Crippen LogP) is 4.27. The Balaban J connectivity index is 2.74. The van der Waals surface area contributed by atoms with Crippen LogP contribution in [0.5, 0.6) is 0 Å². The molecule has 0 fully saturated rings. The fourth-order valence-corrected chi connectivity index (χ4v) is 2.39. The quantitative estimate of drug-likeness (QED) is 0.332. The molecule has 0 amide bonds. The van der Waals surface area contributed by atoms with Crippen LogP contribution < -0.4 is 16.6 Å². The summed E-state index contributed by atoms with van der Waals surface area (Å²) in [6.45, 7) is 2.91. The number of rotatable bonds is 4. The molecule has 28 heavy (non-hydrogen) atoms. The minimum absolute atomic E-state index is 0.287. The first-order valence-electron chi connectivity index (χ1n) is 7.28. The summed E-state index contributed by atoms with van der Waals surface area (Å²) < 4.78 is 79.1. The zero-order chi connectivity index (χ0) is 21.3. The molecule has 5 nitrogen and oxygen atoms in total. The van der Waals surface area contributed by atoms with E-state index in [0.717, 1.165) is 6.07 Å². The lowest BCUT2D eigenvalue weighted by atomic mass is 9.96. The topological polar surface area (TPSA) is 81.1 Å². The van der Waals surface area contributed by atoms with Gasteiger partial charge in [0.1, 0.15) is 5.82 Å².